The van der Waals surface area contributed by atoms with Gasteiger partial charge in [-0.3, -0.25) is 10.1 Å². The number of hydrogen-bond acceptors (Lipinski definition) is 5. The molecule has 0 saturated carbocycles. The lowest BCUT2D eigenvalue weighted by atomic mass is 10.1. The summed E-state index contributed by atoms with van der Waals surface area (Å²) in [6, 6.07) is 5.95. The minimum Gasteiger partial charge on any atom is -0.301 e. The van der Waals surface area contributed by atoms with Gasteiger partial charge in [0.05, 0.1) is 6.04 Å². The monoisotopic (exact) mass is 389 g/mol. The molecule has 3 rings (SSSR count). The molecule has 0 radical (unpaired) electrons. The number of halogens is 2. The van der Waals surface area contributed by atoms with Crippen LogP contribution < -0.4 is 10.6 Å². The Bertz CT molecular complexity index is 687. The van der Waals surface area contributed by atoms with Gasteiger partial charge in [0, 0.05) is 34.1 Å². The number of anilines is 1. The highest BCUT2D eigenvalue weighted by atomic mass is 35.5. The summed E-state index contributed by atoms with van der Waals surface area (Å²) in [6.07, 6.45) is 2.58. The van der Waals surface area contributed by atoms with Crippen molar-refractivity contribution < 1.29 is 4.79 Å². The lowest BCUT2D eigenvalue weighted by molar-refractivity contribution is -0.117. The van der Waals surface area contributed by atoms with Crippen molar-refractivity contribution in [2.24, 2.45) is 0 Å². The number of amides is 1. The molecule has 4 nitrogen and oxygen atoms in total. The third kappa shape index (κ3) is 4.84. The number of nitrogens with one attached hydrogen (secondary N) is 2. The van der Waals surface area contributed by atoms with E-state index >= 15 is 0 Å². The number of aromatic nitrogens is 1. The zero-order valence-corrected chi connectivity index (χ0v) is 15.7. The van der Waals surface area contributed by atoms with Crippen LogP contribution in [0, 0.1) is 6.92 Å². The molecule has 23 heavy (non-hydrogen) atoms. The molecule has 124 valence electrons. The first-order valence-corrected chi connectivity index (χ1v) is 9.28. The minimum atomic E-state index is -0.117. The largest absolute Gasteiger partial charge is 0.301 e. The molecule has 1 unspecified atom stereocenters. The Morgan fingerprint density at radius 3 is 3.04 bits per heavy atom. The smallest absolute Gasteiger partial charge is 0.244 e. The fraction of sp³-hybridized carbons (Fsp3) is 0.333. The van der Waals surface area contributed by atoms with Gasteiger partial charge in [0.25, 0.3) is 0 Å². The summed E-state index contributed by atoms with van der Waals surface area (Å²) in [5, 5.41) is 7.45. The molecular weight excluding hydrogens is 373 g/mol. The molecule has 1 fully saturated rings. The van der Waals surface area contributed by atoms with Crippen LogP contribution in [0.15, 0.2) is 24.4 Å². The summed E-state index contributed by atoms with van der Waals surface area (Å²) in [7, 11) is 0. The number of hydrogen-bond donors (Lipinski definition) is 2. The normalized spacial score (nSPS) is 16.9. The van der Waals surface area contributed by atoms with E-state index in [9.17, 15) is 4.79 Å². The van der Waals surface area contributed by atoms with Gasteiger partial charge in [0.2, 0.25) is 5.91 Å². The molecule has 0 aliphatic carbocycles. The molecule has 1 atom stereocenters. The summed E-state index contributed by atoms with van der Waals surface area (Å²) in [5.41, 5.74) is 2.22. The van der Waals surface area contributed by atoms with Crippen LogP contribution in [0.5, 0.6) is 0 Å². The van der Waals surface area contributed by atoms with Crippen LogP contribution in [-0.4, -0.2) is 28.6 Å². The predicted octanol–water partition coefficient (Wildman–Crippen LogP) is 3.72. The molecule has 1 amide bonds. The number of nitrogens with zero attached hydrogens (tertiary/aromatic N) is 1. The van der Waals surface area contributed by atoms with Crippen LogP contribution in [0.25, 0.3) is 0 Å². The Balaban J connectivity index is 0.00000192. The summed E-state index contributed by atoms with van der Waals surface area (Å²) in [4.78, 5) is 17.4. The van der Waals surface area contributed by atoms with Crippen LogP contribution in [0.2, 0.25) is 5.02 Å². The van der Waals surface area contributed by atoms with E-state index in [1.807, 2.05) is 25.3 Å². The van der Waals surface area contributed by atoms with E-state index in [1.54, 1.807) is 11.8 Å². The van der Waals surface area contributed by atoms with E-state index in [4.69, 9.17) is 11.6 Å². The second-order valence-electron chi connectivity index (χ2n) is 5.15. The van der Waals surface area contributed by atoms with E-state index < -0.39 is 0 Å². The van der Waals surface area contributed by atoms with Crippen molar-refractivity contribution in [3.05, 3.63) is 45.4 Å². The average Bonchev–Trinajstić information content (AvgIpc) is 3.15. The van der Waals surface area contributed by atoms with Crippen molar-refractivity contribution >= 4 is 58.1 Å². The molecule has 2 N–H and O–H groups in total. The Kier molecular flexibility index (Phi) is 6.73. The molecule has 0 bridgehead atoms. The molecular formula is C15H17Cl2N3OS2. The van der Waals surface area contributed by atoms with E-state index in [1.165, 1.54) is 11.3 Å². The molecule has 1 aromatic heterocycles. The summed E-state index contributed by atoms with van der Waals surface area (Å²) in [5.74, 6) is 1.63. The Labute approximate surface area is 154 Å². The van der Waals surface area contributed by atoms with Gasteiger partial charge in [-0.1, -0.05) is 23.7 Å². The number of benzene rings is 1. The highest BCUT2D eigenvalue weighted by Crippen LogP contribution is 2.24. The third-order valence-electron chi connectivity index (χ3n) is 3.43. The molecule has 0 spiro atoms. The number of carbonyl (C=O) groups excluding carboxylic acids is 1. The summed E-state index contributed by atoms with van der Waals surface area (Å²) >= 11 is 9.38. The lowest BCUT2D eigenvalue weighted by Crippen LogP contribution is -2.37. The number of carbonyl (C=O) groups is 1. The van der Waals surface area contributed by atoms with Gasteiger partial charge >= 0.3 is 0 Å². The second-order valence-corrected chi connectivity index (χ2v) is 7.71. The number of thioether (sulfide) groups is 1. The Hall–Kier alpha value is -0.790. The predicted molar refractivity (Wildman–Crippen MR) is 101 cm³/mol. The van der Waals surface area contributed by atoms with Crippen LogP contribution in [0.3, 0.4) is 0 Å². The number of rotatable bonds is 4. The Morgan fingerprint density at radius 2 is 2.35 bits per heavy atom. The third-order valence-corrected chi connectivity index (χ3v) is 5.69. The first kappa shape index (κ1) is 18.5. The van der Waals surface area contributed by atoms with Crippen molar-refractivity contribution in [3.8, 4) is 0 Å². The first-order chi connectivity index (χ1) is 10.6. The molecule has 1 aromatic carbocycles. The van der Waals surface area contributed by atoms with Gasteiger partial charge in [0.15, 0.2) is 5.13 Å². The van der Waals surface area contributed by atoms with Crippen molar-refractivity contribution in [1.82, 2.24) is 10.3 Å². The average molecular weight is 390 g/mol. The van der Waals surface area contributed by atoms with Crippen LogP contribution in [0.1, 0.15) is 16.0 Å². The zero-order valence-electron chi connectivity index (χ0n) is 12.5. The summed E-state index contributed by atoms with van der Waals surface area (Å²) < 4.78 is 0. The standard InChI is InChI=1S/C15H16ClN3OS2.ClH/c1-9-2-3-10(5-12(9)16)4-11-6-17-15(22-11)19-14(20)13-7-21-8-18-13;/h2-3,5-6,13,18H,4,7-8H2,1H3,(H,17,19,20);1H. The van der Waals surface area contributed by atoms with Gasteiger partial charge in [-0.15, -0.1) is 35.5 Å². The Morgan fingerprint density at radius 1 is 1.52 bits per heavy atom. The van der Waals surface area contributed by atoms with Gasteiger partial charge in [-0.2, -0.15) is 0 Å². The quantitative estimate of drug-likeness (QED) is 0.836. The number of aryl methyl sites for hydroxylation is 1. The van der Waals surface area contributed by atoms with Crippen molar-refractivity contribution in [3.63, 3.8) is 0 Å². The zero-order chi connectivity index (χ0) is 15.5. The maximum atomic E-state index is 12.0. The molecule has 1 aliphatic heterocycles. The fourth-order valence-electron chi connectivity index (χ4n) is 2.15. The highest BCUT2D eigenvalue weighted by molar-refractivity contribution is 7.99. The SMILES string of the molecule is Cc1ccc(Cc2cnc(NC(=O)C3CSCN3)s2)cc1Cl.Cl. The van der Waals surface area contributed by atoms with Gasteiger partial charge in [-0.25, -0.2) is 4.98 Å². The molecule has 1 aliphatic rings. The molecule has 2 aromatic rings. The van der Waals surface area contributed by atoms with Gasteiger partial charge in [-0.05, 0) is 24.1 Å². The summed E-state index contributed by atoms with van der Waals surface area (Å²) in [6.45, 7) is 1.99. The fourth-order valence-corrected chi connectivity index (χ4v) is 4.15. The van der Waals surface area contributed by atoms with Crippen LogP contribution >= 0.6 is 47.1 Å². The molecule has 1 saturated heterocycles. The van der Waals surface area contributed by atoms with Crippen molar-refractivity contribution in [2.75, 3.05) is 16.9 Å². The van der Waals surface area contributed by atoms with E-state index in [-0.39, 0.29) is 24.4 Å². The molecule has 2 heterocycles. The maximum absolute atomic E-state index is 12.0. The first-order valence-electron chi connectivity index (χ1n) is 6.93. The van der Waals surface area contributed by atoms with Crippen LogP contribution in [0.4, 0.5) is 5.13 Å². The van der Waals surface area contributed by atoms with Crippen molar-refractivity contribution in [1.29, 1.82) is 0 Å². The second kappa shape index (κ2) is 8.35. The number of thiazole rings is 1. The molecule has 8 heteroatoms. The van der Waals surface area contributed by atoms with Crippen LogP contribution in [-0.2, 0) is 11.2 Å². The van der Waals surface area contributed by atoms with E-state index in [2.05, 4.69) is 21.7 Å². The minimum absolute atomic E-state index is 0. The van der Waals surface area contributed by atoms with Gasteiger partial charge in [0.1, 0.15) is 0 Å². The van der Waals surface area contributed by atoms with E-state index in [0.717, 1.165) is 39.1 Å². The maximum Gasteiger partial charge on any atom is 0.244 e. The lowest BCUT2D eigenvalue weighted by Gasteiger charge is -2.07. The highest BCUT2D eigenvalue weighted by Gasteiger charge is 2.23. The van der Waals surface area contributed by atoms with E-state index in [0.29, 0.717) is 5.13 Å². The van der Waals surface area contributed by atoms with Gasteiger partial charge < -0.3 is 5.32 Å². The topological polar surface area (TPSA) is 54.0 Å². The van der Waals surface area contributed by atoms with Crippen molar-refractivity contribution in [2.45, 2.75) is 19.4 Å².